The Morgan fingerprint density at radius 3 is 2.95 bits per heavy atom. The van der Waals surface area contributed by atoms with E-state index >= 15 is 0 Å². The molecule has 3 heteroatoms. The normalized spacial score (nSPS) is 14.2. The zero-order valence-corrected chi connectivity index (χ0v) is 12.2. The predicted octanol–water partition coefficient (Wildman–Crippen LogP) is 5.29. The van der Waals surface area contributed by atoms with Gasteiger partial charge in [0.15, 0.2) is 0 Å². The Morgan fingerprint density at radius 2 is 2.00 bits per heavy atom. The number of halogens is 1. The molecular weight excluding hydrogens is 281 g/mol. The van der Waals surface area contributed by atoms with Crippen molar-refractivity contribution in [2.24, 2.45) is 0 Å². The van der Waals surface area contributed by atoms with Crippen LogP contribution >= 0.6 is 11.3 Å². The van der Waals surface area contributed by atoms with Gasteiger partial charge in [-0.1, -0.05) is 12.1 Å². The van der Waals surface area contributed by atoms with E-state index in [0.29, 0.717) is 0 Å². The van der Waals surface area contributed by atoms with Crippen molar-refractivity contribution in [3.63, 3.8) is 0 Å². The van der Waals surface area contributed by atoms with E-state index in [1.54, 1.807) is 17.4 Å². The maximum Gasteiger partial charge on any atom is 0.125 e. The topological polar surface area (TPSA) is 12.0 Å². The minimum absolute atomic E-state index is 0.198. The fourth-order valence-corrected chi connectivity index (χ4v) is 3.61. The molecule has 21 heavy (non-hydrogen) atoms. The summed E-state index contributed by atoms with van der Waals surface area (Å²) in [7, 11) is 0. The molecule has 0 radical (unpaired) electrons. The van der Waals surface area contributed by atoms with Gasteiger partial charge in [-0.25, -0.2) is 4.39 Å². The lowest BCUT2D eigenvalue weighted by Gasteiger charge is -2.12. The summed E-state index contributed by atoms with van der Waals surface area (Å²) in [6.45, 7) is 0.834. The number of anilines is 1. The highest BCUT2D eigenvalue weighted by molar-refractivity contribution is 7.17. The molecule has 2 heterocycles. The monoisotopic (exact) mass is 295 g/mol. The summed E-state index contributed by atoms with van der Waals surface area (Å²) < 4.78 is 14.8. The summed E-state index contributed by atoms with van der Waals surface area (Å²) in [4.78, 5) is 0. The average Bonchev–Trinajstić information content (AvgIpc) is 2.86. The lowest BCUT2D eigenvalue weighted by atomic mass is 9.95. The molecule has 0 saturated heterocycles. The van der Waals surface area contributed by atoms with Crippen LogP contribution in [0.1, 0.15) is 17.5 Å². The summed E-state index contributed by atoms with van der Waals surface area (Å²) in [6.07, 6.45) is 3.18. The highest BCUT2D eigenvalue weighted by atomic mass is 32.1. The van der Waals surface area contributed by atoms with Gasteiger partial charge in [-0.3, -0.25) is 0 Å². The third-order valence-electron chi connectivity index (χ3n) is 3.84. The second kappa shape index (κ2) is 5.01. The fourth-order valence-electron chi connectivity index (χ4n) is 2.84. The molecule has 1 aromatic heterocycles. The van der Waals surface area contributed by atoms with Gasteiger partial charge in [-0.2, -0.15) is 0 Å². The van der Waals surface area contributed by atoms with Crippen molar-refractivity contribution < 1.29 is 4.39 Å². The molecule has 0 aliphatic carbocycles. The van der Waals surface area contributed by atoms with Crippen LogP contribution in [0.2, 0.25) is 0 Å². The van der Waals surface area contributed by atoms with Crippen LogP contribution in [-0.2, 0) is 0 Å². The highest BCUT2D eigenvalue weighted by Crippen LogP contribution is 2.34. The van der Waals surface area contributed by atoms with E-state index in [2.05, 4.69) is 41.0 Å². The van der Waals surface area contributed by atoms with E-state index in [1.165, 1.54) is 27.3 Å². The molecule has 0 bridgehead atoms. The predicted molar refractivity (Wildman–Crippen MR) is 88.4 cm³/mol. The molecule has 1 aliphatic rings. The summed E-state index contributed by atoms with van der Waals surface area (Å²) in [6, 6.07) is 13.7. The van der Waals surface area contributed by atoms with Crippen LogP contribution in [-0.4, -0.2) is 6.54 Å². The number of benzene rings is 2. The number of rotatable bonds is 1. The zero-order valence-electron chi connectivity index (χ0n) is 11.4. The maximum absolute atomic E-state index is 13.5. The lowest BCUT2D eigenvalue weighted by Crippen LogP contribution is -2.00. The Labute approximate surface area is 126 Å². The van der Waals surface area contributed by atoms with E-state index < -0.39 is 0 Å². The first-order chi connectivity index (χ1) is 10.3. The highest BCUT2D eigenvalue weighted by Gasteiger charge is 2.14. The first kappa shape index (κ1) is 12.6. The Morgan fingerprint density at radius 1 is 1.05 bits per heavy atom. The molecule has 0 unspecified atom stereocenters. The van der Waals surface area contributed by atoms with Crippen molar-refractivity contribution >= 4 is 32.7 Å². The molecule has 1 aliphatic heterocycles. The maximum atomic E-state index is 13.5. The van der Waals surface area contributed by atoms with Crippen molar-refractivity contribution in [1.82, 2.24) is 0 Å². The van der Waals surface area contributed by atoms with Crippen molar-refractivity contribution in [3.05, 3.63) is 70.9 Å². The summed E-state index contributed by atoms with van der Waals surface area (Å²) in [5.74, 6) is -0.198. The summed E-state index contributed by atoms with van der Waals surface area (Å²) in [5, 5.41) is 6.68. The van der Waals surface area contributed by atoms with Gasteiger partial charge in [0, 0.05) is 22.5 Å². The molecule has 3 aromatic rings. The second-order valence-electron chi connectivity index (χ2n) is 5.20. The first-order valence-electron chi connectivity index (χ1n) is 7.03. The first-order valence-corrected chi connectivity index (χ1v) is 7.91. The molecule has 0 saturated carbocycles. The number of hydrogen-bond donors (Lipinski definition) is 1. The number of thiophene rings is 1. The third-order valence-corrected chi connectivity index (χ3v) is 4.74. The molecule has 4 rings (SSSR count). The van der Waals surface area contributed by atoms with Crippen LogP contribution in [0.3, 0.4) is 0 Å². The van der Waals surface area contributed by atoms with Crippen LogP contribution < -0.4 is 5.32 Å². The second-order valence-corrected chi connectivity index (χ2v) is 6.14. The molecule has 0 amide bonds. The van der Waals surface area contributed by atoms with Crippen LogP contribution in [0.5, 0.6) is 0 Å². The average molecular weight is 295 g/mol. The molecule has 2 aromatic carbocycles. The standard InChI is InChI=1S/C18H14FNS/c19-14-4-5-16-15(2-1-8-20-17(16)11-14)12-3-6-18-13(10-12)7-9-21-18/h2-7,9-11,20H,1,8H2. The molecule has 104 valence electrons. The number of fused-ring (bicyclic) bond motifs is 2. The Balaban J connectivity index is 1.89. The smallest absolute Gasteiger partial charge is 0.125 e. The Hall–Kier alpha value is -2.13. The van der Waals surface area contributed by atoms with Gasteiger partial charge >= 0.3 is 0 Å². The molecule has 0 fully saturated rings. The third kappa shape index (κ3) is 2.24. The quantitative estimate of drug-likeness (QED) is 0.643. The van der Waals surface area contributed by atoms with Crippen molar-refractivity contribution in [2.45, 2.75) is 6.42 Å². The van der Waals surface area contributed by atoms with E-state index in [0.717, 1.165) is 24.2 Å². The van der Waals surface area contributed by atoms with Gasteiger partial charge in [0.25, 0.3) is 0 Å². The molecule has 1 N–H and O–H groups in total. The number of nitrogens with one attached hydrogen (secondary N) is 1. The van der Waals surface area contributed by atoms with Gasteiger partial charge in [-0.15, -0.1) is 11.3 Å². The number of hydrogen-bond acceptors (Lipinski definition) is 2. The van der Waals surface area contributed by atoms with Crippen LogP contribution in [0.4, 0.5) is 10.1 Å². The Bertz CT molecular complexity index is 847. The molecule has 1 nitrogen and oxygen atoms in total. The van der Waals surface area contributed by atoms with Gasteiger partial charge in [0.2, 0.25) is 0 Å². The largest absolute Gasteiger partial charge is 0.384 e. The van der Waals surface area contributed by atoms with Crippen LogP contribution in [0.25, 0.3) is 15.7 Å². The van der Waals surface area contributed by atoms with Crippen LogP contribution in [0.15, 0.2) is 53.9 Å². The van der Waals surface area contributed by atoms with Gasteiger partial charge < -0.3 is 5.32 Å². The lowest BCUT2D eigenvalue weighted by molar-refractivity contribution is 0.628. The molecule has 0 atom stereocenters. The van der Waals surface area contributed by atoms with E-state index in [4.69, 9.17) is 0 Å². The minimum atomic E-state index is -0.198. The van der Waals surface area contributed by atoms with E-state index in [1.807, 2.05) is 6.07 Å². The van der Waals surface area contributed by atoms with Gasteiger partial charge in [-0.05, 0) is 64.7 Å². The minimum Gasteiger partial charge on any atom is -0.384 e. The summed E-state index contributed by atoms with van der Waals surface area (Å²) >= 11 is 1.75. The van der Waals surface area contributed by atoms with Gasteiger partial charge in [0.05, 0.1) is 0 Å². The molecular formula is C18H14FNS. The van der Waals surface area contributed by atoms with E-state index in [9.17, 15) is 4.39 Å². The summed E-state index contributed by atoms with van der Waals surface area (Å²) in [5.41, 5.74) is 4.33. The van der Waals surface area contributed by atoms with Crippen molar-refractivity contribution in [3.8, 4) is 0 Å². The molecule has 0 spiro atoms. The Kier molecular flexibility index (Phi) is 3.00. The fraction of sp³-hybridized carbons (Fsp3) is 0.111. The van der Waals surface area contributed by atoms with Gasteiger partial charge in [0.1, 0.15) is 5.82 Å². The zero-order chi connectivity index (χ0) is 14.2. The SMILES string of the molecule is Fc1ccc2c(c1)NCCC=C2c1ccc2sccc2c1. The van der Waals surface area contributed by atoms with E-state index in [-0.39, 0.29) is 5.82 Å². The van der Waals surface area contributed by atoms with Crippen molar-refractivity contribution in [1.29, 1.82) is 0 Å². The van der Waals surface area contributed by atoms with Crippen molar-refractivity contribution in [2.75, 3.05) is 11.9 Å². The van der Waals surface area contributed by atoms with Crippen LogP contribution in [0, 0.1) is 5.82 Å².